The molecule has 0 spiro atoms. The summed E-state index contributed by atoms with van der Waals surface area (Å²) in [4.78, 5) is 2.10. The summed E-state index contributed by atoms with van der Waals surface area (Å²) in [5.41, 5.74) is 7.17. The maximum Gasteiger partial charge on any atom is 0.0835 e. The lowest BCUT2D eigenvalue weighted by molar-refractivity contribution is 0.0413. The third-order valence-electron chi connectivity index (χ3n) is 3.19. The van der Waals surface area contributed by atoms with Gasteiger partial charge in [0.25, 0.3) is 0 Å². The Morgan fingerprint density at radius 1 is 1.47 bits per heavy atom. The van der Waals surface area contributed by atoms with E-state index in [9.17, 15) is 0 Å². The van der Waals surface area contributed by atoms with E-state index in [2.05, 4.69) is 23.8 Å². The molecule has 1 aromatic heterocycles. The fourth-order valence-corrected chi connectivity index (χ4v) is 2.43. The highest BCUT2D eigenvalue weighted by Gasteiger charge is 2.27. The molecule has 0 aliphatic heterocycles. The van der Waals surface area contributed by atoms with Crippen LogP contribution in [0.3, 0.4) is 0 Å². The van der Waals surface area contributed by atoms with Gasteiger partial charge in [-0.05, 0) is 20.0 Å². The lowest BCUT2D eigenvalue weighted by Gasteiger charge is -2.27. The number of rotatable bonds is 7. The molecule has 1 rings (SSSR count). The number of hydrogen-bond donors (Lipinski definition) is 1. The molecule has 110 valence electrons. The van der Waals surface area contributed by atoms with Gasteiger partial charge in [0.15, 0.2) is 0 Å². The number of methoxy groups -OCH3 is 1. The van der Waals surface area contributed by atoms with Crippen LogP contribution in [0.2, 0.25) is 5.02 Å². The van der Waals surface area contributed by atoms with Crippen LogP contribution >= 0.6 is 11.6 Å². The number of ether oxygens (including phenoxy) is 1. The van der Waals surface area contributed by atoms with Gasteiger partial charge in [0.2, 0.25) is 0 Å². The van der Waals surface area contributed by atoms with Crippen LogP contribution in [0.15, 0.2) is 6.20 Å². The van der Waals surface area contributed by atoms with Crippen molar-refractivity contribution in [3.63, 3.8) is 0 Å². The summed E-state index contributed by atoms with van der Waals surface area (Å²) >= 11 is 6.23. The molecule has 0 radical (unpaired) electrons. The van der Waals surface area contributed by atoms with Crippen LogP contribution in [0.5, 0.6) is 0 Å². The normalized spacial score (nSPS) is 15.2. The first-order valence-corrected chi connectivity index (χ1v) is 6.90. The van der Waals surface area contributed by atoms with E-state index >= 15 is 0 Å². The van der Waals surface area contributed by atoms with Crippen molar-refractivity contribution >= 4 is 11.6 Å². The summed E-state index contributed by atoms with van der Waals surface area (Å²) in [6.07, 6.45) is 1.58. The first-order chi connectivity index (χ1) is 8.88. The fourth-order valence-electron chi connectivity index (χ4n) is 2.17. The van der Waals surface area contributed by atoms with Crippen LogP contribution in [0.4, 0.5) is 0 Å². The molecule has 6 heteroatoms. The van der Waals surface area contributed by atoms with Crippen molar-refractivity contribution in [2.45, 2.75) is 32.5 Å². The van der Waals surface area contributed by atoms with Gasteiger partial charge in [-0.3, -0.25) is 4.68 Å². The molecule has 2 N–H and O–H groups in total. The molecule has 0 aliphatic rings. The van der Waals surface area contributed by atoms with Crippen LogP contribution in [0.1, 0.15) is 25.6 Å². The van der Waals surface area contributed by atoms with E-state index in [4.69, 9.17) is 22.1 Å². The summed E-state index contributed by atoms with van der Waals surface area (Å²) in [5, 5.41) is 4.91. The molecule has 1 aromatic rings. The second kappa shape index (κ2) is 7.24. The molecule has 2 atom stereocenters. The maximum atomic E-state index is 6.32. The maximum absolute atomic E-state index is 6.32. The third kappa shape index (κ3) is 4.18. The average molecular weight is 289 g/mol. The van der Waals surface area contributed by atoms with Crippen molar-refractivity contribution in [2.24, 2.45) is 11.7 Å². The first-order valence-electron chi connectivity index (χ1n) is 6.52. The monoisotopic (exact) mass is 288 g/mol. The van der Waals surface area contributed by atoms with Gasteiger partial charge in [-0.15, -0.1) is 0 Å². The number of hydrogen-bond acceptors (Lipinski definition) is 4. The second-order valence-corrected chi connectivity index (χ2v) is 5.78. The number of nitrogens with two attached hydrogens (primary N) is 1. The number of likely N-dealkylation sites (N-methyl/N-ethyl adjacent to an activating group) is 1. The van der Waals surface area contributed by atoms with Gasteiger partial charge in [0.1, 0.15) is 0 Å². The largest absolute Gasteiger partial charge is 0.379 e. The van der Waals surface area contributed by atoms with Crippen molar-refractivity contribution < 1.29 is 4.74 Å². The predicted molar refractivity (Wildman–Crippen MR) is 78.4 cm³/mol. The van der Waals surface area contributed by atoms with E-state index < -0.39 is 0 Å². The van der Waals surface area contributed by atoms with E-state index in [1.165, 1.54) is 0 Å². The zero-order valence-electron chi connectivity index (χ0n) is 12.4. The standard InChI is InChI=1S/C13H25ClN4O/c1-9(2)13(19-5)11(15)12-10(14)8-16-18(12)7-6-17(3)4/h8-9,11,13H,6-7,15H2,1-5H3. The Balaban J connectivity index is 2.94. The van der Waals surface area contributed by atoms with Crippen LogP contribution in [-0.4, -0.2) is 48.5 Å². The Hall–Kier alpha value is -0.620. The lowest BCUT2D eigenvalue weighted by atomic mass is 9.97. The van der Waals surface area contributed by atoms with E-state index in [1.54, 1.807) is 13.3 Å². The number of halogens is 1. The Kier molecular flexibility index (Phi) is 6.26. The number of nitrogens with zero attached hydrogens (tertiary/aromatic N) is 3. The molecule has 0 aromatic carbocycles. The van der Waals surface area contributed by atoms with Crippen molar-refractivity contribution in [1.82, 2.24) is 14.7 Å². The molecule has 2 unspecified atom stereocenters. The van der Waals surface area contributed by atoms with E-state index in [1.807, 2.05) is 18.8 Å². The Labute approximate surface area is 120 Å². The molecule has 0 aliphatic carbocycles. The van der Waals surface area contributed by atoms with Crippen LogP contribution in [0.25, 0.3) is 0 Å². The molecule has 19 heavy (non-hydrogen) atoms. The zero-order valence-corrected chi connectivity index (χ0v) is 13.2. The van der Waals surface area contributed by atoms with Gasteiger partial charge in [-0.25, -0.2) is 0 Å². The lowest BCUT2D eigenvalue weighted by Crippen LogP contribution is -2.35. The van der Waals surface area contributed by atoms with Gasteiger partial charge < -0.3 is 15.4 Å². The van der Waals surface area contributed by atoms with Crippen molar-refractivity contribution in [2.75, 3.05) is 27.7 Å². The van der Waals surface area contributed by atoms with E-state index in [-0.39, 0.29) is 12.1 Å². The minimum Gasteiger partial charge on any atom is -0.379 e. The third-order valence-corrected chi connectivity index (χ3v) is 3.48. The molecule has 0 fully saturated rings. The predicted octanol–water partition coefficient (Wildman–Crippen LogP) is 1.77. The fraction of sp³-hybridized carbons (Fsp3) is 0.769. The summed E-state index contributed by atoms with van der Waals surface area (Å²) in [7, 11) is 5.73. The average Bonchev–Trinajstić information content (AvgIpc) is 2.68. The van der Waals surface area contributed by atoms with Crippen molar-refractivity contribution in [1.29, 1.82) is 0 Å². The van der Waals surface area contributed by atoms with Crippen LogP contribution < -0.4 is 5.73 Å². The summed E-state index contributed by atoms with van der Waals surface area (Å²) in [5.74, 6) is 0.313. The summed E-state index contributed by atoms with van der Waals surface area (Å²) < 4.78 is 7.37. The van der Waals surface area contributed by atoms with Gasteiger partial charge >= 0.3 is 0 Å². The molecule has 0 amide bonds. The van der Waals surface area contributed by atoms with E-state index in [0.717, 1.165) is 18.8 Å². The molecule has 0 bridgehead atoms. The van der Waals surface area contributed by atoms with Crippen LogP contribution in [-0.2, 0) is 11.3 Å². The Morgan fingerprint density at radius 3 is 2.58 bits per heavy atom. The molecule has 0 saturated carbocycles. The molecule has 0 saturated heterocycles. The molecular formula is C13H25ClN4O. The van der Waals surface area contributed by atoms with Crippen molar-refractivity contribution in [3.05, 3.63) is 16.9 Å². The van der Waals surface area contributed by atoms with Crippen molar-refractivity contribution in [3.8, 4) is 0 Å². The Morgan fingerprint density at radius 2 is 2.11 bits per heavy atom. The van der Waals surface area contributed by atoms with E-state index in [0.29, 0.717) is 10.9 Å². The van der Waals surface area contributed by atoms with Crippen LogP contribution in [0, 0.1) is 5.92 Å². The SMILES string of the molecule is COC(C(C)C)C(N)c1c(Cl)cnn1CCN(C)C. The highest BCUT2D eigenvalue weighted by atomic mass is 35.5. The molecular weight excluding hydrogens is 264 g/mol. The summed E-state index contributed by atoms with van der Waals surface area (Å²) in [6.45, 7) is 5.82. The zero-order chi connectivity index (χ0) is 14.6. The smallest absolute Gasteiger partial charge is 0.0835 e. The first kappa shape index (κ1) is 16.4. The highest BCUT2D eigenvalue weighted by Crippen LogP contribution is 2.27. The Bertz CT molecular complexity index is 392. The van der Waals surface area contributed by atoms with Gasteiger partial charge in [0.05, 0.1) is 35.6 Å². The second-order valence-electron chi connectivity index (χ2n) is 5.37. The molecule has 5 nitrogen and oxygen atoms in total. The summed E-state index contributed by atoms with van der Waals surface area (Å²) in [6, 6.07) is -0.276. The topological polar surface area (TPSA) is 56.3 Å². The van der Waals surface area contributed by atoms with Gasteiger partial charge in [-0.2, -0.15) is 5.10 Å². The minimum absolute atomic E-state index is 0.0766. The minimum atomic E-state index is -0.276. The quantitative estimate of drug-likeness (QED) is 0.831. The molecule has 1 heterocycles. The highest BCUT2D eigenvalue weighted by molar-refractivity contribution is 6.31. The van der Waals surface area contributed by atoms with Gasteiger partial charge in [-0.1, -0.05) is 25.4 Å². The van der Waals surface area contributed by atoms with Gasteiger partial charge in [0, 0.05) is 13.7 Å². The number of aromatic nitrogens is 2.